The molecule has 0 amide bonds. The van der Waals surface area contributed by atoms with Crippen molar-refractivity contribution < 1.29 is 0 Å². The summed E-state index contributed by atoms with van der Waals surface area (Å²) in [6.45, 7) is 2.28. The fourth-order valence-corrected chi connectivity index (χ4v) is 3.06. The van der Waals surface area contributed by atoms with Crippen LogP contribution in [-0.4, -0.2) is 4.98 Å². The highest BCUT2D eigenvalue weighted by Gasteiger charge is 2.33. The molecule has 2 atom stereocenters. The molecule has 1 saturated carbocycles. The molecule has 2 unspecified atom stereocenters. The van der Waals surface area contributed by atoms with E-state index in [9.17, 15) is 4.79 Å². The second-order valence-electron chi connectivity index (χ2n) is 6.04. The molecule has 1 aliphatic carbocycles. The first kappa shape index (κ1) is 12.4. The summed E-state index contributed by atoms with van der Waals surface area (Å²) in [5, 5.41) is 0.770. The summed E-state index contributed by atoms with van der Waals surface area (Å²) >= 11 is 0. The van der Waals surface area contributed by atoms with Crippen LogP contribution >= 0.6 is 0 Å². The highest BCUT2D eigenvalue weighted by atomic mass is 16.1. The van der Waals surface area contributed by atoms with E-state index in [0.29, 0.717) is 5.92 Å². The van der Waals surface area contributed by atoms with Gasteiger partial charge in [-0.25, -0.2) is 0 Å². The Kier molecular flexibility index (Phi) is 2.71. The van der Waals surface area contributed by atoms with Crippen molar-refractivity contribution >= 4 is 10.9 Å². The molecule has 1 N–H and O–H groups in total. The summed E-state index contributed by atoms with van der Waals surface area (Å²) in [5.74, 6) is 1.43. The standard InChI is InChI=1S/C19H17NO/c1-12-9-16(12)14-7-8-15-18(10-14)20-17(11-19(15)21)13-5-3-2-4-6-13/h2-8,10-12,16H,9H2,1H3,(H,20,21). The smallest absolute Gasteiger partial charge is 0.190 e. The van der Waals surface area contributed by atoms with Crippen molar-refractivity contribution in [2.75, 3.05) is 0 Å². The van der Waals surface area contributed by atoms with Crippen LogP contribution in [0.15, 0.2) is 59.4 Å². The predicted molar refractivity (Wildman–Crippen MR) is 86.5 cm³/mol. The molecule has 1 heterocycles. The monoisotopic (exact) mass is 275 g/mol. The lowest BCUT2D eigenvalue weighted by Crippen LogP contribution is -2.03. The van der Waals surface area contributed by atoms with Crippen LogP contribution in [-0.2, 0) is 0 Å². The number of benzene rings is 2. The fourth-order valence-electron chi connectivity index (χ4n) is 3.06. The van der Waals surface area contributed by atoms with Gasteiger partial charge in [0, 0.05) is 22.7 Å². The van der Waals surface area contributed by atoms with Crippen LogP contribution < -0.4 is 5.43 Å². The van der Waals surface area contributed by atoms with Crippen molar-refractivity contribution in [1.29, 1.82) is 0 Å². The average Bonchev–Trinajstić information content (AvgIpc) is 3.24. The van der Waals surface area contributed by atoms with Gasteiger partial charge in [-0.2, -0.15) is 0 Å². The van der Waals surface area contributed by atoms with E-state index in [0.717, 1.165) is 28.1 Å². The number of rotatable bonds is 2. The molecule has 0 spiro atoms. The Bertz CT molecular complexity index is 864. The minimum absolute atomic E-state index is 0.0815. The van der Waals surface area contributed by atoms with Crippen LogP contribution in [0.5, 0.6) is 0 Å². The molecular formula is C19H17NO. The molecule has 3 aromatic rings. The third kappa shape index (κ3) is 2.17. The number of fused-ring (bicyclic) bond motifs is 1. The molecule has 4 rings (SSSR count). The van der Waals surface area contributed by atoms with Crippen molar-refractivity contribution in [2.45, 2.75) is 19.3 Å². The average molecular weight is 275 g/mol. The van der Waals surface area contributed by atoms with E-state index in [1.54, 1.807) is 6.07 Å². The van der Waals surface area contributed by atoms with Gasteiger partial charge in [0.05, 0.1) is 0 Å². The first-order valence-electron chi connectivity index (χ1n) is 7.45. The van der Waals surface area contributed by atoms with Gasteiger partial charge in [-0.15, -0.1) is 0 Å². The zero-order valence-electron chi connectivity index (χ0n) is 12.0. The van der Waals surface area contributed by atoms with Gasteiger partial charge in [0.25, 0.3) is 0 Å². The Balaban J connectivity index is 1.89. The van der Waals surface area contributed by atoms with E-state index in [1.165, 1.54) is 12.0 Å². The van der Waals surface area contributed by atoms with Gasteiger partial charge in [-0.05, 0) is 41.5 Å². The van der Waals surface area contributed by atoms with Gasteiger partial charge in [-0.1, -0.05) is 43.3 Å². The molecule has 0 saturated heterocycles. The normalized spacial score (nSPS) is 20.6. The van der Waals surface area contributed by atoms with E-state index < -0.39 is 0 Å². The van der Waals surface area contributed by atoms with Gasteiger partial charge >= 0.3 is 0 Å². The Hall–Kier alpha value is -2.35. The van der Waals surface area contributed by atoms with Gasteiger partial charge in [0.2, 0.25) is 0 Å². The second-order valence-corrected chi connectivity index (χ2v) is 6.04. The number of pyridine rings is 1. The summed E-state index contributed by atoms with van der Waals surface area (Å²) in [5.41, 5.74) is 4.29. The minimum atomic E-state index is 0.0815. The molecule has 0 bridgehead atoms. The number of hydrogen-bond donors (Lipinski definition) is 1. The maximum Gasteiger partial charge on any atom is 0.190 e. The van der Waals surface area contributed by atoms with Gasteiger partial charge in [0.15, 0.2) is 5.43 Å². The van der Waals surface area contributed by atoms with Crippen molar-refractivity contribution in [1.82, 2.24) is 4.98 Å². The Labute approximate surface area is 123 Å². The largest absolute Gasteiger partial charge is 0.354 e. The molecule has 104 valence electrons. The third-order valence-corrected chi connectivity index (χ3v) is 4.48. The molecule has 2 heteroatoms. The van der Waals surface area contributed by atoms with E-state index in [2.05, 4.69) is 24.0 Å². The number of hydrogen-bond acceptors (Lipinski definition) is 1. The molecule has 21 heavy (non-hydrogen) atoms. The first-order chi connectivity index (χ1) is 10.2. The minimum Gasteiger partial charge on any atom is -0.354 e. The zero-order chi connectivity index (χ0) is 14.4. The summed E-state index contributed by atoms with van der Waals surface area (Å²) in [6, 6.07) is 17.9. The maximum absolute atomic E-state index is 12.3. The zero-order valence-corrected chi connectivity index (χ0v) is 12.0. The van der Waals surface area contributed by atoms with Crippen LogP contribution in [0.2, 0.25) is 0 Å². The summed E-state index contributed by atoms with van der Waals surface area (Å²) in [7, 11) is 0. The highest BCUT2D eigenvalue weighted by Crippen LogP contribution is 2.47. The Morgan fingerprint density at radius 2 is 1.81 bits per heavy atom. The number of aromatic nitrogens is 1. The van der Waals surface area contributed by atoms with Crippen LogP contribution in [0.3, 0.4) is 0 Å². The van der Waals surface area contributed by atoms with Crippen molar-refractivity contribution in [3.8, 4) is 11.3 Å². The van der Waals surface area contributed by atoms with Crippen LogP contribution in [0.4, 0.5) is 0 Å². The molecule has 0 aliphatic heterocycles. The number of aromatic amines is 1. The van der Waals surface area contributed by atoms with Crippen LogP contribution in [0, 0.1) is 5.92 Å². The first-order valence-corrected chi connectivity index (χ1v) is 7.45. The van der Waals surface area contributed by atoms with Crippen LogP contribution in [0.1, 0.15) is 24.8 Å². The van der Waals surface area contributed by atoms with Crippen molar-refractivity contribution in [3.05, 3.63) is 70.4 Å². The number of nitrogens with one attached hydrogen (secondary N) is 1. The number of H-pyrrole nitrogens is 1. The summed E-state index contributed by atoms with van der Waals surface area (Å²) < 4.78 is 0. The molecular weight excluding hydrogens is 258 g/mol. The van der Waals surface area contributed by atoms with Gasteiger partial charge in [0.1, 0.15) is 0 Å². The lowest BCUT2D eigenvalue weighted by atomic mass is 10.0. The topological polar surface area (TPSA) is 32.9 Å². The highest BCUT2D eigenvalue weighted by molar-refractivity contribution is 5.82. The Morgan fingerprint density at radius 3 is 2.52 bits per heavy atom. The van der Waals surface area contributed by atoms with E-state index in [-0.39, 0.29) is 5.43 Å². The molecule has 1 aromatic heterocycles. The van der Waals surface area contributed by atoms with E-state index >= 15 is 0 Å². The van der Waals surface area contributed by atoms with Crippen molar-refractivity contribution in [3.63, 3.8) is 0 Å². The van der Waals surface area contributed by atoms with Gasteiger partial charge < -0.3 is 4.98 Å². The molecule has 2 aromatic carbocycles. The van der Waals surface area contributed by atoms with E-state index in [4.69, 9.17) is 0 Å². The second kappa shape index (κ2) is 4.59. The molecule has 1 aliphatic rings. The SMILES string of the molecule is CC1CC1c1ccc2c(=O)cc(-c3ccccc3)[nH]c2c1. The summed E-state index contributed by atoms with van der Waals surface area (Å²) in [6.07, 6.45) is 1.26. The fraction of sp³-hybridized carbons (Fsp3) is 0.211. The van der Waals surface area contributed by atoms with E-state index in [1.807, 2.05) is 36.4 Å². The molecule has 1 fully saturated rings. The lowest BCUT2D eigenvalue weighted by molar-refractivity contribution is 0.915. The predicted octanol–water partition coefficient (Wildman–Crippen LogP) is 4.32. The van der Waals surface area contributed by atoms with Gasteiger partial charge in [-0.3, -0.25) is 4.79 Å². The van der Waals surface area contributed by atoms with Crippen molar-refractivity contribution in [2.24, 2.45) is 5.92 Å². The third-order valence-electron chi connectivity index (χ3n) is 4.48. The molecule has 0 radical (unpaired) electrons. The summed E-state index contributed by atoms with van der Waals surface area (Å²) in [4.78, 5) is 15.7. The quantitative estimate of drug-likeness (QED) is 0.742. The maximum atomic E-state index is 12.3. The van der Waals surface area contributed by atoms with Crippen LogP contribution in [0.25, 0.3) is 22.2 Å². The lowest BCUT2D eigenvalue weighted by Gasteiger charge is -2.06. The Morgan fingerprint density at radius 1 is 1.05 bits per heavy atom. The molecule has 2 nitrogen and oxygen atoms in total.